The first-order valence-corrected chi connectivity index (χ1v) is 6.89. The molecule has 0 spiro atoms. The molecule has 1 aromatic rings. The Hall–Kier alpha value is -0.790. The summed E-state index contributed by atoms with van der Waals surface area (Å²) in [6.07, 6.45) is 12.5. The van der Waals surface area contributed by atoms with E-state index in [0.29, 0.717) is 0 Å². The molecule has 92 valence electrons. The number of nitrogens with zero attached hydrogens (tertiary/aromatic N) is 2. The summed E-state index contributed by atoms with van der Waals surface area (Å²) in [5.41, 5.74) is 1.40. The molecule has 16 heavy (non-hydrogen) atoms. The van der Waals surface area contributed by atoms with Crippen LogP contribution in [0.25, 0.3) is 0 Å². The third kappa shape index (κ3) is 4.82. The summed E-state index contributed by atoms with van der Waals surface area (Å²) in [6, 6.07) is 2.15. The van der Waals surface area contributed by atoms with Crippen LogP contribution in [0.3, 0.4) is 0 Å². The molecule has 0 saturated carbocycles. The van der Waals surface area contributed by atoms with Crippen LogP contribution in [0.2, 0.25) is 0 Å². The minimum absolute atomic E-state index is 1.11. The Kier molecular flexibility index (Phi) is 6.95. The molecular weight excluding hydrogens is 196 g/mol. The van der Waals surface area contributed by atoms with Gasteiger partial charge in [-0.3, -0.25) is 4.68 Å². The number of aromatic nitrogens is 2. The van der Waals surface area contributed by atoms with E-state index in [0.717, 1.165) is 13.0 Å². The van der Waals surface area contributed by atoms with Gasteiger partial charge < -0.3 is 0 Å². The summed E-state index contributed by atoms with van der Waals surface area (Å²) >= 11 is 0. The van der Waals surface area contributed by atoms with Gasteiger partial charge in [0.2, 0.25) is 0 Å². The molecule has 0 N–H and O–H groups in total. The SMILES string of the molecule is CCCCCCCCn1nccc1CCC. The van der Waals surface area contributed by atoms with Gasteiger partial charge in [0.1, 0.15) is 0 Å². The van der Waals surface area contributed by atoms with Gasteiger partial charge in [0.05, 0.1) is 0 Å². The lowest BCUT2D eigenvalue weighted by Gasteiger charge is -2.06. The minimum atomic E-state index is 1.11. The Morgan fingerprint density at radius 1 is 1.00 bits per heavy atom. The van der Waals surface area contributed by atoms with Gasteiger partial charge in [-0.1, -0.05) is 52.4 Å². The molecule has 1 rings (SSSR count). The van der Waals surface area contributed by atoms with Crippen molar-refractivity contribution in [2.75, 3.05) is 0 Å². The third-order valence-corrected chi connectivity index (χ3v) is 3.03. The molecule has 0 bridgehead atoms. The first kappa shape index (κ1) is 13.3. The molecule has 0 radical (unpaired) electrons. The fourth-order valence-corrected chi connectivity index (χ4v) is 2.07. The third-order valence-electron chi connectivity index (χ3n) is 3.03. The van der Waals surface area contributed by atoms with Crippen LogP contribution in [0.5, 0.6) is 0 Å². The summed E-state index contributed by atoms with van der Waals surface area (Å²) in [6.45, 7) is 5.59. The molecule has 0 saturated heterocycles. The maximum atomic E-state index is 4.39. The zero-order valence-corrected chi connectivity index (χ0v) is 10.9. The molecule has 2 nitrogen and oxygen atoms in total. The van der Waals surface area contributed by atoms with Crippen LogP contribution in [0.15, 0.2) is 12.3 Å². The lowest BCUT2D eigenvalue weighted by atomic mass is 10.1. The van der Waals surface area contributed by atoms with Crippen molar-refractivity contribution >= 4 is 0 Å². The van der Waals surface area contributed by atoms with Crippen LogP contribution in [-0.4, -0.2) is 9.78 Å². The molecule has 0 amide bonds. The molecule has 2 heteroatoms. The van der Waals surface area contributed by atoms with Crippen LogP contribution in [0.4, 0.5) is 0 Å². The average Bonchev–Trinajstić information content (AvgIpc) is 2.72. The largest absolute Gasteiger partial charge is 0.270 e. The highest BCUT2D eigenvalue weighted by Gasteiger charge is 2.00. The standard InChI is InChI=1S/C14H26N2/c1-3-5-6-7-8-9-13-16-14(10-4-2)11-12-15-16/h11-12H,3-10,13H2,1-2H3. The average molecular weight is 222 g/mol. The van der Waals surface area contributed by atoms with Crippen LogP contribution in [-0.2, 0) is 13.0 Å². The molecule has 0 aliphatic carbocycles. The van der Waals surface area contributed by atoms with Crippen molar-refractivity contribution in [2.45, 2.75) is 71.8 Å². The Labute approximate surface area is 100 Å². The summed E-state index contributed by atoms with van der Waals surface area (Å²) in [5.74, 6) is 0. The van der Waals surface area contributed by atoms with Crippen molar-refractivity contribution in [3.8, 4) is 0 Å². The van der Waals surface area contributed by atoms with E-state index in [9.17, 15) is 0 Å². The van der Waals surface area contributed by atoms with E-state index in [1.807, 2.05) is 6.20 Å². The first-order valence-electron chi connectivity index (χ1n) is 6.89. The summed E-state index contributed by atoms with van der Waals surface area (Å²) < 4.78 is 2.18. The zero-order chi connectivity index (χ0) is 11.6. The van der Waals surface area contributed by atoms with Crippen molar-refractivity contribution in [3.05, 3.63) is 18.0 Å². The quantitative estimate of drug-likeness (QED) is 0.573. The molecule has 0 fully saturated rings. The zero-order valence-electron chi connectivity index (χ0n) is 10.9. The van der Waals surface area contributed by atoms with Gasteiger partial charge in [-0.2, -0.15) is 5.10 Å². The van der Waals surface area contributed by atoms with E-state index in [4.69, 9.17) is 0 Å². The molecule has 0 aliphatic heterocycles. The molecular formula is C14H26N2. The van der Waals surface area contributed by atoms with Crippen LogP contribution in [0.1, 0.15) is 64.5 Å². The molecule has 0 unspecified atom stereocenters. The van der Waals surface area contributed by atoms with Crippen LogP contribution >= 0.6 is 0 Å². The van der Waals surface area contributed by atoms with E-state index in [1.165, 1.54) is 50.6 Å². The summed E-state index contributed by atoms with van der Waals surface area (Å²) in [7, 11) is 0. The Morgan fingerprint density at radius 3 is 2.50 bits per heavy atom. The van der Waals surface area contributed by atoms with Gasteiger partial charge in [-0.15, -0.1) is 0 Å². The maximum Gasteiger partial charge on any atom is 0.0492 e. The van der Waals surface area contributed by atoms with E-state index >= 15 is 0 Å². The van der Waals surface area contributed by atoms with Gasteiger partial charge >= 0.3 is 0 Å². The molecule has 1 heterocycles. The lowest BCUT2D eigenvalue weighted by molar-refractivity contribution is 0.512. The van der Waals surface area contributed by atoms with Crippen molar-refractivity contribution in [1.29, 1.82) is 0 Å². The van der Waals surface area contributed by atoms with Crippen LogP contribution in [0, 0.1) is 0 Å². The Bertz CT molecular complexity index is 265. The smallest absolute Gasteiger partial charge is 0.0492 e. The van der Waals surface area contributed by atoms with E-state index in [-0.39, 0.29) is 0 Å². The second kappa shape index (κ2) is 8.37. The molecule has 0 atom stereocenters. The molecule has 1 aromatic heterocycles. The second-order valence-electron chi connectivity index (χ2n) is 4.56. The highest BCUT2D eigenvalue weighted by atomic mass is 15.3. The van der Waals surface area contributed by atoms with Gasteiger partial charge in [0.25, 0.3) is 0 Å². The molecule has 0 aromatic carbocycles. The number of unbranched alkanes of at least 4 members (excludes halogenated alkanes) is 5. The maximum absolute atomic E-state index is 4.39. The molecule has 0 aliphatic rings. The number of rotatable bonds is 9. The van der Waals surface area contributed by atoms with Gasteiger partial charge in [-0.25, -0.2) is 0 Å². The predicted octanol–water partition coefficient (Wildman–Crippen LogP) is 4.20. The van der Waals surface area contributed by atoms with E-state index in [2.05, 4.69) is 29.7 Å². The van der Waals surface area contributed by atoms with Crippen molar-refractivity contribution < 1.29 is 0 Å². The Morgan fingerprint density at radius 2 is 1.75 bits per heavy atom. The summed E-state index contributed by atoms with van der Waals surface area (Å²) in [4.78, 5) is 0. The second-order valence-corrected chi connectivity index (χ2v) is 4.56. The highest BCUT2D eigenvalue weighted by Crippen LogP contribution is 2.08. The summed E-state index contributed by atoms with van der Waals surface area (Å²) in [5, 5.41) is 4.39. The Balaban J connectivity index is 2.13. The highest BCUT2D eigenvalue weighted by molar-refractivity contribution is 5.00. The monoisotopic (exact) mass is 222 g/mol. The fourth-order valence-electron chi connectivity index (χ4n) is 2.07. The van der Waals surface area contributed by atoms with Gasteiger partial charge in [-0.05, 0) is 18.9 Å². The minimum Gasteiger partial charge on any atom is -0.270 e. The van der Waals surface area contributed by atoms with E-state index in [1.54, 1.807) is 0 Å². The van der Waals surface area contributed by atoms with Crippen molar-refractivity contribution in [1.82, 2.24) is 9.78 Å². The van der Waals surface area contributed by atoms with Crippen molar-refractivity contribution in [3.63, 3.8) is 0 Å². The normalized spacial score (nSPS) is 10.9. The lowest BCUT2D eigenvalue weighted by Crippen LogP contribution is -2.04. The van der Waals surface area contributed by atoms with Gasteiger partial charge in [0.15, 0.2) is 0 Å². The fraction of sp³-hybridized carbons (Fsp3) is 0.786. The topological polar surface area (TPSA) is 17.8 Å². The predicted molar refractivity (Wildman–Crippen MR) is 69.6 cm³/mol. The van der Waals surface area contributed by atoms with Gasteiger partial charge in [0, 0.05) is 18.4 Å². The van der Waals surface area contributed by atoms with E-state index < -0.39 is 0 Å². The van der Waals surface area contributed by atoms with Crippen molar-refractivity contribution in [2.24, 2.45) is 0 Å². The first-order chi connectivity index (χ1) is 7.88. The number of hydrogen-bond acceptors (Lipinski definition) is 1. The van der Waals surface area contributed by atoms with Crippen LogP contribution < -0.4 is 0 Å². The number of aryl methyl sites for hydroxylation is 2. The number of hydrogen-bond donors (Lipinski definition) is 0.